The van der Waals surface area contributed by atoms with Crippen LogP contribution in [0.2, 0.25) is 0 Å². The van der Waals surface area contributed by atoms with Crippen LogP contribution in [-0.2, 0) is 0 Å². The van der Waals surface area contributed by atoms with Gasteiger partial charge >= 0.3 is 0 Å². The molecule has 2 aromatic heterocycles. The number of pyridine rings is 1. The molecule has 0 N–H and O–H groups in total. The maximum absolute atomic E-state index is 4.66. The summed E-state index contributed by atoms with van der Waals surface area (Å²) in [5, 5.41) is 2.11. The Hall–Kier alpha value is -1.39. The summed E-state index contributed by atoms with van der Waals surface area (Å²) >= 11 is 1.75. The summed E-state index contributed by atoms with van der Waals surface area (Å²) < 4.78 is 0. The van der Waals surface area contributed by atoms with Crippen molar-refractivity contribution in [3.63, 3.8) is 0 Å². The topological polar surface area (TPSA) is 19.4 Å². The van der Waals surface area contributed by atoms with E-state index in [4.69, 9.17) is 0 Å². The van der Waals surface area contributed by atoms with Crippen LogP contribution in [0.3, 0.4) is 0 Å². The lowest BCUT2D eigenvalue weighted by Crippen LogP contribution is -2.44. The quantitative estimate of drug-likeness (QED) is 0.839. The van der Waals surface area contributed by atoms with Crippen LogP contribution in [0, 0.1) is 6.92 Å². The minimum absolute atomic E-state index is 1.10. The molecule has 19 heavy (non-hydrogen) atoms. The molecule has 0 radical (unpaired) electrons. The van der Waals surface area contributed by atoms with Crippen molar-refractivity contribution in [3.05, 3.63) is 35.3 Å². The molecule has 0 aromatic carbocycles. The van der Waals surface area contributed by atoms with Gasteiger partial charge in [0.1, 0.15) is 0 Å². The molecule has 0 saturated carbocycles. The minimum Gasteiger partial charge on any atom is -0.369 e. The van der Waals surface area contributed by atoms with Crippen molar-refractivity contribution in [2.24, 2.45) is 0 Å². The Morgan fingerprint density at radius 3 is 2.63 bits per heavy atom. The van der Waals surface area contributed by atoms with Crippen LogP contribution in [0.4, 0.5) is 5.69 Å². The van der Waals surface area contributed by atoms with E-state index in [-0.39, 0.29) is 0 Å². The highest BCUT2D eigenvalue weighted by Gasteiger charge is 2.15. The highest BCUT2D eigenvalue weighted by Crippen LogP contribution is 2.27. The molecule has 3 nitrogen and oxygen atoms in total. The van der Waals surface area contributed by atoms with Gasteiger partial charge in [-0.15, -0.1) is 11.3 Å². The fraction of sp³-hybridized carbons (Fsp3) is 0.400. The molecule has 3 heterocycles. The monoisotopic (exact) mass is 273 g/mol. The lowest BCUT2D eigenvalue weighted by atomic mass is 10.2. The van der Waals surface area contributed by atoms with Crippen molar-refractivity contribution in [2.75, 3.05) is 38.1 Å². The molecule has 1 saturated heterocycles. The van der Waals surface area contributed by atoms with E-state index in [0.29, 0.717) is 0 Å². The summed E-state index contributed by atoms with van der Waals surface area (Å²) in [5.41, 5.74) is 3.51. The number of likely N-dealkylation sites (N-methyl/N-ethyl adjacent to an activating group) is 1. The fourth-order valence-corrected chi connectivity index (χ4v) is 3.13. The minimum atomic E-state index is 1.10. The number of hydrogen-bond donors (Lipinski definition) is 0. The molecule has 2 aromatic rings. The number of piperazine rings is 1. The van der Waals surface area contributed by atoms with Crippen molar-refractivity contribution in [2.45, 2.75) is 6.92 Å². The third-order valence-corrected chi connectivity index (χ3v) is 4.47. The van der Waals surface area contributed by atoms with Gasteiger partial charge in [-0.1, -0.05) is 6.07 Å². The standard InChI is InChI=1S/C15H19N3S/c1-12-10-13(18-7-5-17(2)6-8-18)11-14(16-12)15-4-3-9-19-15/h3-4,9-11H,5-8H2,1-2H3. The zero-order chi connectivity index (χ0) is 13.2. The molecule has 1 aliphatic heterocycles. The van der Waals surface area contributed by atoms with Crippen LogP contribution in [0.25, 0.3) is 10.6 Å². The zero-order valence-corrected chi connectivity index (χ0v) is 12.3. The molecular weight excluding hydrogens is 254 g/mol. The molecule has 1 aliphatic rings. The molecule has 3 rings (SSSR count). The highest BCUT2D eigenvalue weighted by molar-refractivity contribution is 7.13. The summed E-state index contributed by atoms with van der Waals surface area (Å²) in [5.74, 6) is 0. The Morgan fingerprint density at radius 2 is 1.95 bits per heavy atom. The van der Waals surface area contributed by atoms with E-state index >= 15 is 0 Å². The van der Waals surface area contributed by atoms with Gasteiger partial charge in [-0.05, 0) is 37.6 Å². The van der Waals surface area contributed by atoms with Crippen LogP contribution >= 0.6 is 11.3 Å². The van der Waals surface area contributed by atoms with Gasteiger partial charge in [0.05, 0.1) is 10.6 Å². The number of rotatable bonds is 2. The van der Waals surface area contributed by atoms with Gasteiger partial charge in [0.15, 0.2) is 0 Å². The van der Waals surface area contributed by atoms with Crippen LogP contribution in [0.5, 0.6) is 0 Å². The van der Waals surface area contributed by atoms with Crippen LogP contribution in [0.15, 0.2) is 29.6 Å². The lowest BCUT2D eigenvalue weighted by molar-refractivity contribution is 0.313. The smallest absolute Gasteiger partial charge is 0.0825 e. The summed E-state index contributed by atoms with van der Waals surface area (Å²) in [6.07, 6.45) is 0. The Bertz CT molecular complexity index is 543. The summed E-state index contributed by atoms with van der Waals surface area (Å²) in [6, 6.07) is 8.65. The van der Waals surface area contributed by atoms with E-state index in [9.17, 15) is 0 Å². The number of thiophene rings is 1. The molecule has 0 bridgehead atoms. The van der Waals surface area contributed by atoms with Crippen LogP contribution < -0.4 is 4.90 Å². The lowest BCUT2D eigenvalue weighted by Gasteiger charge is -2.34. The van der Waals surface area contributed by atoms with Crippen molar-refractivity contribution in [3.8, 4) is 10.6 Å². The van der Waals surface area contributed by atoms with Gasteiger partial charge < -0.3 is 9.80 Å². The Balaban J connectivity index is 1.90. The highest BCUT2D eigenvalue weighted by atomic mass is 32.1. The maximum atomic E-state index is 4.66. The average molecular weight is 273 g/mol. The normalized spacial score (nSPS) is 16.8. The van der Waals surface area contributed by atoms with Gasteiger partial charge in [-0.3, -0.25) is 4.98 Å². The molecule has 0 aliphatic carbocycles. The van der Waals surface area contributed by atoms with Gasteiger partial charge in [0.2, 0.25) is 0 Å². The average Bonchev–Trinajstić information content (AvgIpc) is 2.93. The van der Waals surface area contributed by atoms with Gasteiger partial charge in [-0.2, -0.15) is 0 Å². The van der Waals surface area contributed by atoms with Gasteiger partial charge in [-0.25, -0.2) is 0 Å². The molecule has 0 amide bonds. The predicted molar refractivity (Wildman–Crippen MR) is 82.0 cm³/mol. The van der Waals surface area contributed by atoms with E-state index < -0.39 is 0 Å². The molecule has 0 spiro atoms. The summed E-state index contributed by atoms with van der Waals surface area (Å²) in [7, 11) is 2.19. The molecule has 100 valence electrons. The largest absolute Gasteiger partial charge is 0.369 e. The first-order valence-electron chi connectivity index (χ1n) is 6.68. The van der Waals surface area contributed by atoms with E-state index in [1.54, 1.807) is 11.3 Å². The van der Waals surface area contributed by atoms with Crippen LogP contribution in [0.1, 0.15) is 5.69 Å². The Kier molecular flexibility index (Phi) is 3.53. The van der Waals surface area contributed by atoms with Crippen molar-refractivity contribution in [1.82, 2.24) is 9.88 Å². The third-order valence-electron chi connectivity index (χ3n) is 3.58. The number of hydrogen-bond acceptors (Lipinski definition) is 4. The number of nitrogens with zero attached hydrogens (tertiary/aromatic N) is 3. The first-order valence-corrected chi connectivity index (χ1v) is 7.56. The fourth-order valence-electron chi connectivity index (χ4n) is 2.45. The second kappa shape index (κ2) is 5.31. The van der Waals surface area contributed by atoms with Gasteiger partial charge in [0.25, 0.3) is 0 Å². The van der Waals surface area contributed by atoms with Crippen LogP contribution in [-0.4, -0.2) is 43.1 Å². The first-order chi connectivity index (χ1) is 9.22. The van der Waals surface area contributed by atoms with E-state index in [1.807, 2.05) is 0 Å². The van der Waals surface area contributed by atoms with Gasteiger partial charge in [0, 0.05) is 37.6 Å². The van der Waals surface area contributed by atoms with Crippen molar-refractivity contribution >= 4 is 17.0 Å². The summed E-state index contributed by atoms with van der Waals surface area (Å²) in [4.78, 5) is 10.8. The van der Waals surface area contributed by atoms with Crippen molar-refractivity contribution < 1.29 is 0 Å². The van der Waals surface area contributed by atoms with E-state index in [1.165, 1.54) is 10.6 Å². The second-order valence-electron chi connectivity index (χ2n) is 5.12. The van der Waals surface area contributed by atoms with Crippen molar-refractivity contribution in [1.29, 1.82) is 0 Å². The maximum Gasteiger partial charge on any atom is 0.0825 e. The second-order valence-corrected chi connectivity index (χ2v) is 6.07. The molecule has 1 fully saturated rings. The molecule has 0 atom stereocenters. The first kappa shape index (κ1) is 12.6. The molecule has 4 heteroatoms. The number of aryl methyl sites for hydroxylation is 1. The zero-order valence-electron chi connectivity index (χ0n) is 11.5. The third kappa shape index (κ3) is 2.80. The SMILES string of the molecule is Cc1cc(N2CCN(C)CC2)cc(-c2cccs2)n1. The van der Waals surface area contributed by atoms with E-state index in [0.717, 1.165) is 37.6 Å². The Labute approximate surface area is 118 Å². The number of aromatic nitrogens is 1. The molecular formula is C15H19N3S. The summed E-state index contributed by atoms with van der Waals surface area (Å²) in [6.45, 7) is 6.55. The molecule has 0 unspecified atom stereocenters. The predicted octanol–water partition coefficient (Wildman–Crippen LogP) is 2.87. The number of anilines is 1. The Morgan fingerprint density at radius 1 is 1.16 bits per heavy atom. The van der Waals surface area contributed by atoms with E-state index in [2.05, 4.69) is 58.4 Å².